The van der Waals surface area contributed by atoms with E-state index in [0.29, 0.717) is 0 Å². The summed E-state index contributed by atoms with van der Waals surface area (Å²) in [5.74, 6) is 7.66. The number of carbonyl (C=O) groups excluding carboxylic acids is 1. The normalized spacial score (nSPS) is 18.4. The molecule has 0 amide bonds. The molecule has 1 fully saturated rings. The Kier molecular flexibility index (Phi) is 4.92. The summed E-state index contributed by atoms with van der Waals surface area (Å²) in [5, 5.41) is 0. The molecule has 3 heteroatoms. The Morgan fingerprint density at radius 3 is 2.78 bits per heavy atom. The lowest BCUT2D eigenvalue weighted by Crippen LogP contribution is -2.34. The molecule has 0 radical (unpaired) electrons. The molecule has 1 aliphatic carbocycles. The lowest BCUT2D eigenvalue weighted by atomic mass is 9.98. The van der Waals surface area contributed by atoms with E-state index in [4.69, 9.17) is 0 Å². The van der Waals surface area contributed by atoms with Crippen LogP contribution in [-0.2, 0) is 4.79 Å². The summed E-state index contributed by atoms with van der Waals surface area (Å²) in [5.41, 5.74) is 3.54. The molecule has 1 aromatic heterocycles. The van der Waals surface area contributed by atoms with Crippen LogP contribution in [0.4, 0.5) is 5.82 Å². The fraction of sp³-hybridized carbons (Fsp3) is 0.400. The smallest absolute Gasteiger partial charge is 0.128 e. The maximum atomic E-state index is 10.8. The Bertz CT molecular complexity index is 681. The van der Waals surface area contributed by atoms with E-state index >= 15 is 0 Å². The molecule has 1 aliphatic heterocycles. The summed E-state index contributed by atoms with van der Waals surface area (Å²) in [4.78, 5) is 17.7. The molecule has 0 spiro atoms. The van der Waals surface area contributed by atoms with Crippen molar-refractivity contribution in [1.29, 1.82) is 0 Å². The largest absolute Gasteiger partial charge is 0.357 e. The fourth-order valence-corrected chi connectivity index (χ4v) is 2.99. The number of hydrogen-bond acceptors (Lipinski definition) is 3. The molecule has 0 unspecified atom stereocenters. The number of aldehydes is 1. The van der Waals surface area contributed by atoms with Gasteiger partial charge in [-0.05, 0) is 42.5 Å². The van der Waals surface area contributed by atoms with Gasteiger partial charge in [-0.2, -0.15) is 0 Å². The number of allylic oxidation sites excluding steroid dienone is 4. The Morgan fingerprint density at radius 2 is 2.13 bits per heavy atom. The van der Waals surface area contributed by atoms with Gasteiger partial charge in [-0.3, -0.25) is 0 Å². The van der Waals surface area contributed by atoms with Gasteiger partial charge in [-0.25, -0.2) is 4.98 Å². The van der Waals surface area contributed by atoms with Crippen molar-refractivity contribution in [2.75, 3.05) is 18.0 Å². The zero-order valence-corrected chi connectivity index (χ0v) is 13.6. The summed E-state index contributed by atoms with van der Waals surface area (Å²) in [6, 6.07) is 4.21. The van der Waals surface area contributed by atoms with Gasteiger partial charge in [0.15, 0.2) is 0 Å². The van der Waals surface area contributed by atoms with Gasteiger partial charge in [-0.15, -0.1) is 0 Å². The molecule has 118 valence electrons. The van der Waals surface area contributed by atoms with Crippen molar-refractivity contribution in [3.8, 4) is 11.8 Å². The van der Waals surface area contributed by atoms with E-state index in [-0.39, 0.29) is 5.92 Å². The Labute approximate surface area is 138 Å². The molecule has 2 aliphatic rings. The summed E-state index contributed by atoms with van der Waals surface area (Å²) in [6.45, 7) is 3.95. The minimum atomic E-state index is 0.222. The van der Waals surface area contributed by atoms with Crippen LogP contribution < -0.4 is 4.90 Å². The SMILES string of the molecule is CCC1=CC=C(c2ccc(N3CCC(C=O)CC3)nc2)CC#C1. The van der Waals surface area contributed by atoms with E-state index in [2.05, 4.69) is 52.9 Å². The predicted molar refractivity (Wildman–Crippen MR) is 94.0 cm³/mol. The van der Waals surface area contributed by atoms with Crippen LogP contribution in [0.3, 0.4) is 0 Å². The highest BCUT2D eigenvalue weighted by Gasteiger charge is 2.19. The molecule has 2 heterocycles. The minimum absolute atomic E-state index is 0.222. The van der Waals surface area contributed by atoms with Gasteiger partial charge in [0, 0.05) is 37.2 Å². The van der Waals surface area contributed by atoms with Crippen molar-refractivity contribution in [3.63, 3.8) is 0 Å². The molecule has 1 saturated heterocycles. The van der Waals surface area contributed by atoms with Crippen molar-refractivity contribution in [2.45, 2.75) is 32.6 Å². The first-order valence-electron chi connectivity index (χ1n) is 8.35. The molecule has 3 nitrogen and oxygen atoms in total. The van der Waals surface area contributed by atoms with E-state index < -0.39 is 0 Å². The van der Waals surface area contributed by atoms with Crippen molar-refractivity contribution in [2.24, 2.45) is 5.92 Å². The Balaban J connectivity index is 1.71. The number of piperidine rings is 1. The lowest BCUT2D eigenvalue weighted by Gasteiger charge is -2.30. The van der Waals surface area contributed by atoms with Crippen LogP contribution in [0, 0.1) is 17.8 Å². The highest BCUT2D eigenvalue weighted by Crippen LogP contribution is 2.24. The second-order valence-electron chi connectivity index (χ2n) is 6.08. The number of anilines is 1. The van der Waals surface area contributed by atoms with Gasteiger partial charge in [0.25, 0.3) is 0 Å². The van der Waals surface area contributed by atoms with E-state index in [0.717, 1.165) is 56.4 Å². The first-order valence-corrected chi connectivity index (χ1v) is 8.35. The molecule has 0 atom stereocenters. The third kappa shape index (κ3) is 3.71. The number of aromatic nitrogens is 1. The molecule has 23 heavy (non-hydrogen) atoms. The quantitative estimate of drug-likeness (QED) is 0.629. The van der Waals surface area contributed by atoms with Gasteiger partial charge < -0.3 is 9.69 Å². The number of hydrogen-bond donors (Lipinski definition) is 0. The summed E-state index contributed by atoms with van der Waals surface area (Å²) in [7, 11) is 0. The monoisotopic (exact) mass is 306 g/mol. The van der Waals surface area contributed by atoms with Crippen LogP contribution in [0.2, 0.25) is 0 Å². The topological polar surface area (TPSA) is 33.2 Å². The molecule has 3 rings (SSSR count). The van der Waals surface area contributed by atoms with Crippen molar-refractivity contribution >= 4 is 17.7 Å². The van der Waals surface area contributed by atoms with Gasteiger partial charge in [0.2, 0.25) is 0 Å². The first kappa shape index (κ1) is 15.6. The molecule has 1 aromatic rings. The summed E-state index contributed by atoms with van der Waals surface area (Å²) >= 11 is 0. The molecular weight excluding hydrogens is 284 g/mol. The van der Waals surface area contributed by atoms with Gasteiger partial charge >= 0.3 is 0 Å². The van der Waals surface area contributed by atoms with Gasteiger partial charge in [0.1, 0.15) is 12.1 Å². The molecule has 0 N–H and O–H groups in total. The predicted octanol–water partition coefficient (Wildman–Crippen LogP) is 3.62. The average Bonchev–Trinajstić information content (AvgIpc) is 2.87. The second kappa shape index (κ2) is 7.28. The molecular formula is C20H22N2O. The van der Waals surface area contributed by atoms with Crippen LogP contribution in [0.5, 0.6) is 0 Å². The highest BCUT2D eigenvalue weighted by atomic mass is 16.1. The average molecular weight is 306 g/mol. The number of pyridine rings is 1. The van der Waals surface area contributed by atoms with Gasteiger partial charge in [0.05, 0.1) is 0 Å². The minimum Gasteiger partial charge on any atom is -0.357 e. The Morgan fingerprint density at radius 1 is 1.30 bits per heavy atom. The first-order chi connectivity index (χ1) is 11.3. The van der Waals surface area contributed by atoms with E-state index in [1.54, 1.807) is 0 Å². The zero-order valence-electron chi connectivity index (χ0n) is 13.6. The van der Waals surface area contributed by atoms with Crippen LogP contribution in [0.25, 0.3) is 5.57 Å². The fourth-order valence-electron chi connectivity index (χ4n) is 2.99. The maximum absolute atomic E-state index is 10.8. The summed E-state index contributed by atoms with van der Waals surface area (Å²) < 4.78 is 0. The van der Waals surface area contributed by atoms with Crippen molar-refractivity contribution < 1.29 is 4.79 Å². The Hall–Kier alpha value is -2.34. The van der Waals surface area contributed by atoms with E-state index in [1.807, 2.05) is 6.20 Å². The molecule has 0 aromatic carbocycles. The second-order valence-corrected chi connectivity index (χ2v) is 6.08. The highest BCUT2D eigenvalue weighted by molar-refractivity contribution is 5.70. The van der Waals surface area contributed by atoms with Crippen LogP contribution >= 0.6 is 0 Å². The van der Waals surface area contributed by atoms with Crippen LogP contribution in [0.1, 0.15) is 38.2 Å². The number of carbonyl (C=O) groups is 1. The van der Waals surface area contributed by atoms with Gasteiger partial charge in [-0.1, -0.05) is 30.9 Å². The number of nitrogens with zero attached hydrogens (tertiary/aromatic N) is 2. The third-order valence-electron chi connectivity index (χ3n) is 4.57. The van der Waals surface area contributed by atoms with Crippen molar-refractivity contribution in [3.05, 3.63) is 41.6 Å². The van der Waals surface area contributed by atoms with Crippen molar-refractivity contribution in [1.82, 2.24) is 4.98 Å². The molecule has 0 saturated carbocycles. The summed E-state index contributed by atoms with van der Waals surface area (Å²) in [6.07, 6.45) is 10.9. The van der Waals surface area contributed by atoms with Crippen LogP contribution in [-0.4, -0.2) is 24.4 Å². The third-order valence-corrected chi connectivity index (χ3v) is 4.57. The lowest BCUT2D eigenvalue weighted by molar-refractivity contribution is -0.111. The van der Waals surface area contributed by atoms with Crippen LogP contribution in [0.15, 0.2) is 36.1 Å². The number of rotatable bonds is 4. The van der Waals surface area contributed by atoms with E-state index in [1.165, 1.54) is 11.1 Å². The molecule has 0 bridgehead atoms. The zero-order chi connectivity index (χ0) is 16.1. The maximum Gasteiger partial charge on any atom is 0.128 e. The van der Waals surface area contributed by atoms with E-state index in [9.17, 15) is 4.79 Å². The standard InChI is InChI=1S/C20H22N2O/c1-2-16-4-3-5-18(7-6-16)19-8-9-20(21-14-19)22-12-10-17(15-23)11-13-22/h6-9,14-15,17H,2,5,10-13H2,1H3.